The number of hydrogen-bond donors (Lipinski definition) is 1. The predicted octanol–water partition coefficient (Wildman–Crippen LogP) is 2.54. The van der Waals surface area contributed by atoms with Gasteiger partial charge in [0.05, 0.1) is 6.10 Å². The van der Waals surface area contributed by atoms with E-state index in [-0.39, 0.29) is 12.8 Å². The van der Waals surface area contributed by atoms with Gasteiger partial charge >= 0.3 is 6.18 Å². The first-order chi connectivity index (χ1) is 7.92. The van der Waals surface area contributed by atoms with Crippen molar-refractivity contribution >= 4 is 0 Å². The van der Waals surface area contributed by atoms with Crippen LogP contribution in [0, 0.1) is 0 Å². The molecule has 0 saturated heterocycles. The van der Waals surface area contributed by atoms with Gasteiger partial charge in [-0.05, 0) is 12.8 Å². The normalized spacial score (nSPS) is 13.9. The lowest BCUT2D eigenvalue weighted by molar-refractivity contribution is -0.139. The van der Waals surface area contributed by atoms with E-state index >= 15 is 0 Å². The standard InChI is InChI=1S/C11H17F3N2O/c1-2-6-16-7-5-15-10(16)8-9(17)3-4-11(12,13)14/h5,7,9,17H,2-4,6,8H2,1H3. The summed E-state index contributed by atoms with van der Waals surface area (Å²) in [4.78, 5) is 4.04. The zero-order valence-electron chi connectivity index (χ0n) is 9.74. The summed E-state index contributed by atoms with van der Waals surface area (Å²) in [7, 11) is 0. The summed E-state index contributed by atoms with van der Waals surface area (Å²) in [5.74, 6) is 0.640. The maximum absolute atomic E-state index is 12.0. The van der Waals surface area contributed by atoms with E-state index in [1.807, 2.05) is 11.5 Å². The van der Waals surface area contributed by atoms with Gasteiger partial charge in [-0.15, -0.1) is 0 Å². The van der Waals surface area contributed by atoms with Crippen LogP contribution in [0.25, 0.3) is 0 Å². The molecule has 0 bridgehead atoms. The van der Waals surface area contributed by atoms with E-state index in [0.717, 1.165) is 13.0 Å². The Morgan fingerprint density at radius 3 is 2.76 bits per heavy atom. The van der Waals surface area contributed by atoms with Crippen LogP contribution < -0.4 is 0 Å². The van der Waals surface area contributed by atoms with E-state index in [1.165, 1.54) is 0 Å². The number of aromatic nitrogens is 2. The fourth-order valence-electron chi connectivity index (χ4n) is 1.62. The van der Waals surface area contributed by atoms with Crippen LogP contribution in [-0.2, 0) is 13.0 Å². The Balaban J connectivity index is 2.44. The topological polar surface area (TPSA) is 38.0 Å². The lowest BCUT2D eigenvalue weighted by Gasteiger charge is -2.13. The molecule has 1 rings (SSSR count). The molecule has 0 aromatic carbocycles. The second-order valence-electron chi connectivity index (χ2n) is 4.05. The molecule has 0 fully saturated rings. The number of alkyl halides is 3. The molecule has 1 aromatic rings. The third kappa shape index (κ3) is 5.21. The van der Waals surface area contributed by atoms with Crippen molar-refractivity contribution in [1.29, 1.82) is 0 Å². The maximum Gasteiger partial charge on any atom is 0.389 e. The first kappa shape index (κ1) is 14.0. The SMILES string of the molecule is CCCn1ccnc1CC(O)CCC(F)(F)F. The largest absolute Gasteiger partial charge is 0.393 e. The number of imidazole rings is 1. The Hall–Kier alpha value is -1.04. The van der Waals surface area contributed by atoms with Gasteiger partial charge < -0.3 is 9.67 Å². The summed E-state index contributed by atoms with van der Waals surface area (Å²) in [6.07, 6.45) is -1.97. The number of hydrogen-bond acceptors (Lipinski definition) is 2. The minimum Gasteiger partial charge on any atom is -0.393 e. The number of aryl methyl sites for hydroxylation is 1. The van der Waals surface area contributed by atoms with Gasteiger partial charge in [-0.25, -0.2) is 4.98 Å². The molecule has 3 nitrogen and oxygen atoms in total. The number of aliphatic hydroxyl groups excluding tert-OH is 1. The smallest absolute Gasteiger partial charge is 0.389 e. The highest BCUT2D eigenvalue weighted by molar-refractivity contribution is 4.94. The zero-order chi connectivity index (χ0) is 12.9. The van der Waals surface area contributed by atoms with E-state index in [9.17, 15) is 18.3 Å². The van der Waals surface area contributed by atoms with Crippen molar-refractivity contribution in [3.8, 4) is 0 Å². The average molecular weight is 250 g/mol. The van der Waals surface area contributed by atoms with Crippen molar-refractivity contribution in [3.05, 3.63) is 18.2 Å². The van der Waals surface area contributed by atoms with Crippen LogP contribution in [0.1, 0.15) is 32.0 Å². The van der Waals surface area contributed by atoms with Crippen molar-refractivity contribution in [3.63, 3.8) is 0 Å². The number of aliphatic hydroxyl groups is 1. The van der Waals surface area contributed by atoms with Crippen molar-refractivity contribution in [1.82, 2.24) is 9.55 Å². The monoisotopic (exact) mass is 250 g/mol. The molecule has 0 aliphatic rings. The molecular formula is C11H17F3N2O. The van der Waals surface area contributed by atoms with Crippen LogP contribution in [0.4, 0.5) is 13.2 Å². The predicted molar refractivity (Wildman–Crippen MR) is 57.5 cm³/mol. The zero-order valence-corrected chi connectivity index (χ0v) is 9.74. The van der Waals surface area contributed by atoms with Gasteiger partial charge in [-0.2, -0.15) is 13.2 Å². The third-order valence-corrected chi connectivity index (χ3v) is 2.45. The van der Waals surface area contributed by atoms with E-state index in [0.29, 0.717) is 5.82 Å². The molecule has 1 N–H and O–H groups in total. The van der Waals surface area contributed by atoms with Crippen molar-refractivity contribution in [2.75, 3.05) is 0 Å². The first-order valence-corrected chi connectivity index (χ1v) is 5.67. The van der Waals surface area contributed by atoms with Crippen LogP contribution in [0.5, 0.6) is 0 Å². The second-order valence-corrected chi connectivity index (χ2v) is 4.05. The summed E-state index contributed by atoms with van der Waals surface area (Å²) < 4.78 is 37.7. The van der Waals surface area contributed by atoms with Gasteiger partial charge in [0, 0.05) is 31.8 Å². The molecular weight excluding hydrogens is 233 g/mol. The molecule has 1 unspecified atom stereocenters. The van der Waals surface area contributed by atoms with Gasteiger partial charge in [0.2, 0.25) is 0 Å². The molecule has 1 heterocycles. The first-order valence-electron chi connectivity index (χ1n) is 5.67. The molecule has 1 atom stereocenters. The van der Waals surface area contributed by atoms with Gasteiger partial charge in [0.15, 0.2) is 0 Å². The molecule has 0 spiro atoms. The van der Waals surface area contributed by atoms with Gasteiger partial charge in [0.25, 0.3) is 0 Å². The van der Waals surface area contributed by atoms with Gasteiger partial charge in [0.1, 0.15) is 5.82 Å². The highest BCUT2D eigenvalue weighted by atomic mass is 19.4. The highest BCUT2D eigenvalue weighted by Gasteiger charge is 2.28. The van der Waals surface area contributed by atoms with Crippen LogP contribution in [0.2, 0.25) is 0 Å². The Labute approximate surface area is 98.3 Å². The Bertz CT molecular complexity index is 336. The summed E-state index contributed by atoms with van der Waals surface area (Å²) in [5, 5.41) is 9.52. The minimum absolute atomic E-state index is 0.170. The van der Waals surface area contributed by atoms with Gasteiger partial charge in [-0.1, -0.05) is 6.92 Å². The minimum atomic E-state index is -4.21. The maximum atomic E-state index is 12.0. The average Bonchev–Trinajstić information content (AvgIpc) is 2.63. The highest BCUT2D eigenvalue weighted by Crippen LogP contribution is 2.23. The van der Waals surface area contributed by atoms with Crippen LogP contribution in [0.3, 0.4) is 0 Å². The molecule has 98 valence electrons. The summed E-state index contributed by atoms with van der Waals surface area (Å²) in [6.45, 7) is 2.77. The Morgan fingerprint density at radius 1 is 1.47 bits per heavy atom. The van der Waals surface area contributed by atoms with Crippen molar-refractivity contribution in [2.24, 2.45) is 0 Å². The molecule has 0 aliphatic heterocycles. The molecule has 0 radical (unpaired) electrons. The molecule has 17 heavy (non-hydrogen) atoms. The van der Waals surface area contributed by atoms with Crippen LogP contribution >= 0.6 is 0 Å². The van der Waals surface area contributed by atoms with Crippen LogP contribution in [0.15, 0.2) is 12.4 Å². The summed E-state index contributed by atoms with van der Waals surface area (Å²) in [5.41, 5.74) is 0. The lowest BCUT2D eigenvalue weighted by Crippen LogP contribution is -2.18. The fourth-order valence-corrected chi connectivity index (χ4v) is 1.62. The number of nitrogens with zero attached hydrogens (tertiary/aromatic N) is 2. The van der Waals surface area contributed by atoms with Gasteiger partial charge in [-0.3, -0.25) is 0 Å². The van der Waals surface area contributed by atoms with Crippen LogP contribution in [-0.4, -0.2) is 26.9 Å². The third-order valence-electron chi connectivity index (χ3n) is 2.45. The number of halogens is 3. The molecule has 1 aromatic heterocycles. The molecule has 0 saturated carbocycles. The molecule has 0 aliphatic carbocycles. The Morgan fingerprint density at radius 2 is 2.18 bits per heavy atom. The van der Waals surface area contributed by atoms with E-state index < -0.39 is 18.7 Å². The van der Waals surface area contributed by atoms with E-state index in [2.05, 4.69) is 4.98 Å². The fraction of sp³-hybridized carbons (Fsp3) is 0.727. The van der Waals surface area contributed by atoms with Crippen molar-refractivity contribution in [2.45, 2.75) is 51.4 Å². The lowest BCUT2D eigenvalue weighted by atomic mass is 10.1. The number of rotatable bonds is 6. The van der Waals surface area contributed by atoms with E-state index in [1.54, 1.807) is 12.4 Å². The summed E-state index contributed by atoms with van der Waals surface area (Å²) >= 11 is 0. The quantitative estimate of drug-likeness (QED) is 0.842. The van der Waals surface area contributed by atoms with Crippen molar-refractivity contribution < 1.29 is 18.3 Å². The summed E-state index contributed by atoms with van der Waals surface area (Å²) in [6, 6.07) is 0. The molecule has 6 heteroatoms. The second kappa shape index (κ2) is 6.05. The molecule has 0 amide bonds. The Kier molecular flexibility index (Phi) is 4.99. The van der Waals surface area contributed by atoms with E-state index in [4.69, 9.17) is 0 Å².